The highest BCUT2D eigenvalue weighted by Gasteiger charge is 2.52. The van der Waals surface area contributed by atoms with Gasteiger partial charge in [0.1, 0.15) is 0 Å². The molecule has 1 aliphatic rings. The summed E-state index contributed by atoms with van der Waals surface area (Å²) in [5.41, 5.74) is -0.0704. The van der Waals surface area contributed by atoms with Crippen LogP contribution >= 0.6 is 11.6 Å². The molecule has 0 aromatic heterocycles. The molecule has 0 saturated carbocycles. The molecule has 0 amide bonds. The summed E-state index contributed by atoms with van der Waals surface area (Å²) in [4.78, 5) is 0. The lowest BCUT2D eigenvalue weighted by Crippen LogP contribution is -2.41. The van der Waals surface area contributed by atoms with Gasteiger partial charge in [0, 0.05) is 16.6 Å². The van der Waals surface area contributed by atoms with Gasteiger partial charge in [0.2, 0.25) is 0 Å². The molecule has 1 heterocycles. The number of ether oxygens (including phenoxy) is 2. The first-order valence-electron chi connectivity index (χ1n) is 7.07. The van der Waals surface area contributed by atoms with Crippen LogP contribution in [0.4, 0.5) is 0 Å². The van der Waals surface area contributed by atoms with Gasteiger partial charge in [0.05, 0.1) is 24.9 Å². The molecule has 116 valence electrons. The van der Waals surface area contributed by atoms with Gasteiger partial charge in [0.15, 0.2) is 11.5 Å². The molecular formula is C15H22BClO4. The fourth-order valence-electron chi connectivity index (χ4n) is 2.13. The molecule has 0 unspecified atom stereocenters. The molecule has 0 bridgehead atoms. The van der Waals surface area contributed by atoms with Gasteiger partial charge >= 0.3 is 7.12 Å². The predicted molar refractivity (Wildman–Crippen MR) is 84.9 cm³/mol. The van der Waals surface area contributed by atoms with Gasteiger partial charge in [-0.15, -0.1) is 0 Å². The molecule has 1 aliphatic heterocycles. The van der Waals surface area contributed by atoms with Crippen LogP contribution in [0.15, 0.2) is 12.1 Å². The van der Waals surface area contributed by atoms with E-state index in [1.165, 1.54) is 0 Å². The van der Waals surface area contributed by atoms with Crippen LogP contribution in [0.1, 0.15) is 34.6 Å². The second-order valence-corrected chi connectivity index (χ2v) is 6.45. The summed E-state index contributed by atoms with van der Waals surface area (Å²) >= 11 is 6.35. The SMILES string of the molecule is CCOc1cc(B2OC(C)(C)C(C)(C)O2)c(Cl)cc1OC. The van der Waals surface area contributed by atoms with Crippen LogP contribution in [0.25, 0.3) is 0 Å². The molecule has 6 heteroatoms. The topological polar surface area (TPSA) is 36.9 Å². The Kier molecular flexibility index (Phi) is 4.48. The Morgan fingerprint density at radius 3 is 2.14 bits per heavy atom. The minimum atomic E-state index is -0.521. The van der Waals surface area contributed by atoms with Crippen molar-refractivity contribution in [2.75, 3.05) is 13.7 Å². The van der Waals surface area contributed by atoms with Crippen molar-refractivity contribution in [1.82, 2.24) is 0 Å². The Balaban J connectivity index is 2.39. The quantitative estimate of drug-likeness (QED) is 0.801. The molecule has 21 heavy (non-hydrogen) atoms. The van der Waals surface area contributed by atoms with Crippen molar-refractivity contribution in [3.8, 4) is 11.5 Å². The molecule has 1 saturated heterocycles. The van der Waals surface area contributed by atoms with E-state index in [1.807, 2.05) is 40.7 Å². The predicted octanol–water partition coefficient (Wildman–Crippen LogP) is 3.05. The van der Waals surface area contributed by atoms with Crippen molar-refractivity contribution in [2.45, 2.75) is 45.8 Å². The summed E-state index contributed by atoms with van der Waals surface area (Å²) in [6, 6.07) is 3.56. The minimum Gasteiger partial charge on any atom is -0.493 e. The van der Waals surface area contributed by atoms with Gasteiger partial charge < -0.3 is 18.8 Å². The van der Waals surface area contributed by atoms with Crippen LogP contribution in [0, 0.1) is 0 Å². The largest absolute Gasteiger partial charge is 0.496 e. The Bertz CT molecular complexity index is 515. The fraction of sp³-hybridized carbons (Fsp3) is 0.600. The summed E-state index contributed by atoms with van der Waals surface area (Å²) in [5.74, 6) is 1.23. The molecule has 0 atom stereocenters. The molecule has 0 N–H and O–H groups in total. The highest BCUT2D eigenvalue weighted by Crippen LogP contribution is 2.38. The molecule has 0 spiro atoms. The number of hydrogen-bond donors (Lipinski definition) is 0. The third-order valence-electron chi connectivity index (χ3n) is 4.09. The van der Waals surface area contributed by atoms with Crippen molar-refractivity contribution in [3.05, 3.63) is 17.2 Å². The second-order valence-electron chi connectivity index (χ2n) is 6.05. The van der Waals surface area contributed by atoms with Crippen LogP contribution in [-0.2, 0) is 9.31 Å². The van der Waals surface area contributed by atoms with E-state index in [0.29, 0.717) is 23.1 Å². The van der Waals surface area contributed by atoms with E-state index in [2.05, 4.69) is 0 Å². The third-order valence-corrected chi connectivity index (χ3v) is 4.42. The highest BCUT2D eigenvalue weighted by atomic mass is 35.5. The van der Waals surface area contributed by atoms with Crippen LogP contribution < -0.4 is 14.9 Å². The Morgan fingerprint density at radius 2 is 1.67 bits per heavy atom. The summed E-state index contributed by atoms with van der Waals surface area (Å²) in [6.07, 6.45) is 0. The summed E-state index contributed by atoms with van der Waals surface area (Å²) in [5, 5.41) is 0.536. The molecule has 1 aromatic carbocycles. The number of rotatable bonds is 4. The molecule has 0 aliphatic carbocycles. The minimum absolute atomic E-state index is 0.410. The van der Waals surface area contributed by atoms with Crippen molar-refractivity contribution in [2.24, 2.45) is 0 Å². The van der Waals surface area contributed by atoms with Gasteiger partial charge in [-0.25, -0.2) is 0 Å². The van der Waals surface area contributed by atoms with Crippen LogP contribution in [0.3, 0.4) is 0 Å². The lowest BCUT2D eigenvalue weighted by atomic mass is 9.79. The van der Waals surface area contributed by atoms with Gasteiger partial charge in [-0.2, -0.15) is 0 Å². The smallest absolute Gasteiger partial charge is 0.493 e. The zero-order chi connectivity index (χ0) is 15.8. The second kappa shape index (κ2) is 5.71. The van der Waals surface area contributed by atoms with Crippen LogP contribution in [-0.4, -0.2) is 32.0 Å². The fourth-order valence-corrected chi connectivity index (χ4v) is 2.37. The van der Waals surface area contributed by atoms with Crippen LogP contribution in [0.2, 0.25) is 5.02 Å². The van der Waals surface area contributed by atoms with Gasteiger partial charge in [0.25, 0.3) is 0 Å². The Morgan fingerprint density at radius 1 is 1.10 bits per heavy atom. The molecule has 2 rings (SSSR count). The van der Waals surface area contributed by atoms with E-state index < -0.39 is 18.3 Å². The van der Waals surface area contributed by atoms with Gasteiger partial charge in [-0.1, -0.05) is 11.6 Å². The van der Waals surface area contributed by atoms with E-state index in [-0.39, 0.29) is 0 Å². The van der Waals surface area contributed by atoms with E-state index in [4.69, 9.17) is 30.4 Å². The highest BCUT2D eigenvalue weighted by molar-refractivity contribution is 6.65. The maximum absolute atomic E-state index is 6.35. The first kappa shape index (κ1) is 16.5. The molecular weight excluding hydrogens is 290 g/mol. The monoisotopic (exact) mass is 312 g/mol. The average Bonchev–Trinajstić information content (AvgIpc) is 2.60. The summed E-state index contributed by atoms with van der Waals surface area (Å²) < 4.78 is 22.9. The Hall–Kier alpha value is -0.905. The van der Waals surface area contributed by atoms with Crippen molar-refractivity contribution in [3.63, 3.8) is 0 Å². The lowest BCUT2D eigenvalue weighted by Gasteiger charge is -2.32. The molecule has 0 radical (unpaired) electrons. The first-order chi connectivity index (χ1) is 9.71. The number of hydrogen-bond acceptors (Lipinski definition) is 4. The summed E-state index contributed by atoms with van der Waals surface area (Å²) in [7, 11) is 1.07. The first-order valence-corrected chi connectivity index (χ1v) is 7.45. The number of benzene rings is 1. The molecule has 1 fully saturated rings. The van der Waals surface area contributed by atoms with E-state index in [1.54, 1.807) is 13.2 Å². The number of methoxy groups -OCH3 is 1. The number of halogens is 1. The normalized spacial score (nSPS) is 19.7. The van der Waals surface area contributed by atoms with Crippen molar-refractivity contribution < 1.29 is 18.8 Å². The van der Waals surface area contributed by atoms with E-state index >= 15 is 0 Å². The van der Waals surface area contributed by atoms with E-state index in [9.17, 15) is 0 Å². The zero-order valence-corrected chi connectivity index (χ0v) is 14.2. The lowest BCUT2D eigenvalue weighted by molar-refractivity contribution is 0.00578. The maximum Gasteiger partial charge on any atom is 0.496 e. The molecule has 1 aromatic rings. The standard InChI is InChI=1S/C15H22BClO4/c1-7-19-13-8-10(11(17)9-12(13)18-6)16-20-14(2,3)15(4,5)21-16/h8-9H,7H2,1-6H3. The zero-order valence-electron chi connectivity index (χ0n) is 13.5. The van der Waals surface area contributed by atoms with Gasteiger partial charge in [-0.05, 0) is 40.7 Å². The Labute approximate surface area is 131 Å². The van der Waals surface area contributed by atoms with Crippen molar-refractivity contribution >= 4 is 24.2 Å². The van der Waals surface area contributed by atoms with Crippen molar-refractivity contribution in [1.29, 1.82) is 0 Å². The maximum atomic E-state index is 6.35. The third kappa shape index (κ3) is 3.00. The van der Waals surface area contributed by atoms with E-state index in [0.717, 1.165) is 5.46 Å². The average molecular weight is 313 g/mol. The van der Waals surface area contributed by atoms with Crippen LogP contribution in [0.5, 0.6) is 11.5 Å². The molecule has 4 nitrogen and oxygen atoms in total. The van der Waals surface area contributed by atoms with Gasteiger partial charge in [-0.3, -0.25) is 0 Å². The summed E-state index contributed by atoms with van der Waals surface area (Å²) in [6.45, 7) is 10.5.